The topological polar surface area (TPSA) is 107 Å². The standard InChI is InChI=1S/C17H14N4O4S2/c1-2-8-20-16(23)11-7-9-26-15(11)19-17(20)27-10-14(22)18-12-5-3-4-6-13(12)21(24)25/h2-7,9H,1,8,10H2,(H,18,22). The van der Waals surface area contributed by atoms with Crippen LogP contribution in [-0.2, 0) is 11.3 Å². The van der Waals surface area contributed by atoms with Crippen molar-refractivity contribution in [2.24, 2.45) is 0 Å². The second-order valence-corrected chi connectivity index (χ2v) is 7.19. The molecule has 138 valence electrons. The average molecular weight is 402 g/mol. The lowest BCUT2D eigenvalue weighted by Crippen LogP contribution is -2.23. The van der Waals surface area contributed by atoms with Gasteiger partial charge in [0, 0.05) is 12.6 Å². The summed E-state index contributed by atoms with van der Waals surface area (Å²) in [6.07, 6.45) is 1.58. The molecule has 3 aromatic rings. The molecule has 0 saturated heterocycles. The SMILES string of the molecule is C=CCn1c(SCC(=O)Nc2ccccc2[N+](=O)[O-])nc2sccc2c1=O. The van der Waals surface area contributed by atoms with E-state index in [1.807, 2.05) is 0 Å². The summed E-state index contributed by atoms with van der Waals surface area (Å²) in [5, 5.41) is 16.3. The fraction of sp³-hybridized carbons (Fsp3) is 0.118. The van der Waals surface area contributed by atoms with Gasteiger partial charge in [-0.3, -0.25) is 24.3 Å². The number of thiophene rings is 1. The van der Waals surface area contributed by atoms with Crippen LogP contribution in [0.2, 0.25) is 0 Å². The molecule has 0 aliphatic carbocycles. The highest BCUT2D eigenvalue weighted by atomic mass is 32.2. The van der Waals surface area contributed by atoms with E-state index in [0.29, 0.717) is 15.4 Å². The number of anilines is 1. The lowest BCUT2D eigenvalue weighted by molar-refractivity contribution is -0.383. The highest BCUT2D eigenvalue weighted by Gasteiger charge is 2.17. The average Bonchev–Trinajstić information content (AvgIpc) is 3.12. The van der Waals surface area contributed by atoms with Crippen molar-refractivity contribution in [1.29, 1.82) is 0 Å². The zero-order chi connectivity index (χ0) is 19.4. The first-order valence-electron chi connectivity index (χ1n) is 7.76. The minimum absolute atomic E-state index is 0.0491. The van der Waals surface area contributed by atoms with Gasteiger partial charge in [-0.05, 0) is 17.5 Å². The number of nitro groups is 1. The summed E-state index contributed by atoms with van der Waals surface area (Å²) in [5.41, 5.74) is -0.251. The molecule has 0 unspecified atom stereocenters. The van der Waals surface area contributed by atoms with Crippen LogP contribution in [0.5, 0.6) is 0 Å². The van der Waals surface area contributed by atoms with Gasteiger partial charge < -0.3 is 5.32 Å². The van der Waals surface area contributed by atoms with Crippen molar-refractivity contribution in [2.45, 2.75) is 11.7 Å². The van der Waals surface area contributed by atoms with Crippen molar-refractivity contribution in [2.75, 3.05) is 11.1 Å². The van der Waals surface area contributed by atoms with Gasteiger partial charge in [-0.2, -0.15) is 0 Å². The molecule has 1 aromatic carbocycles. The molecule has 10 heteroatoms. The molecule has 0 atom stereocenters. The number of hydrogen-bond donors (Lipinski definition) is 1. The second kappa shape index (κ2) is 8.14. The molecule has 27 heavy (non-hydrogen) atoms. The lowest BCUT2D eigenvalue weighted by atomic mass is 10.2. The Morgan fingerprint density at radius 2 is 2.19 bits per heavy atom. The van der Waals surface area contributed by atoms with Crippen molar-refractivity contribution in [3.05, 3.63) is 68.8 Å². The van der Waals surface area contributed by atoms with Crippen molar-refractivity contribution in [3.8, 4) is 0 Å². The number of para-hydroxylation sites is 2. The summed E-state index contributed by atoms with van der Waals surface area (Å²) in [5.74, 6) is -0.480. The smallest absolute Gasteiger partial charge is 0.292 e. The fourth-order valence-electron chi connectivity index (χ4n) is 2.39. The molecule has 0 aliphatic rings. The van der Waals surface area contributed by atoms with Gasteiger partial charge in [-0.15, -0.1) is 17.9 Å². The maximum absolute atomic E-state index is 12.5. The Kier molecular flexibility index (Phi) is 5.67. The third-order valence-electron chi connectivity index (χ3n) is 3.57. The number of allylic oxidation sites excluding steroid dienone is 1. The van der Waals surface area contributed by atoms with E-state index in [2.05, 4.69) is 16.9 Å². The first-order valence-corrected chi connectivity index (χ1v) is 9.62. The van der Waals surface area contributed by atoms with Crippen LogP contribution in [-0.4, -0.2) is 26.1 Å². The fourth-order valence-corrected chi connectivity index (χ4v) is 4.00. The molecule has 0 fully saturated rings. The van der Waals surface area contributed by atoms with Gasteiger partial charge in [0.1, 0.15) is 10.5 Å². The highest BCUT2D eigenvalue weighted by Crippen LogP contribution is 2.25. The summed E-state index contributed by atoms with van der Waals surface area (Å²) in [6.45, 7) is 3.92. The van der Waals surface area contributed by atoms with Crippen LogP contribution in [0.4, 0.5) is 11.4 Å². The number of nitrogens with zero attached hydrogens (tertiary/aromatic N) is 3. The number of carbonyl (C=O) groups is 1. The third-order valence-corrected chi connectivity index (χ3v) is 5.35. The number of thioether (sulfide) groups is 1. The second-order valence-electron chi connectivity index (χ2n) is 5.35. The van der Waals surface area contributed by atoms with E-state index in [1.54, 1.807) is 23.6 Å². The van der Waals surface area contributed by atoms with E-state index in [4.69, 9.17) is 0 Å². The van der Waals surface area contributed by atoms with Gasteiger partial charge in [0.2, 0.25) is 5.91 Å². The quantitative estimate of drug-likeness (QED) is 0.214. The van der Waals surface area contributed by atoms with Crippen molar-refractivity contribution >= 4 is 50.6 Å². The molecule has 3 rings (SSSR count). The number of aromatic nitrogens is 2. The molecule has 0 saturated carbocycles. The van der Waals surface area contributed by atoms with Crippen LogP contribution >= 0.6 is 23.1 Å². The van der Waals surface area contributed by atoms with Gasteiger partial charge in [0.15, 0.2) is 5.16 Å². The molecule has 1 amide bonds. The first kappa shape index (κ1) is 18.8. The predicted octanol–water partition coefficient (Wildman–Crippen LogP) is 3.28. The summed E-state index contributed by atoms with van der Waals surface area (Å²) in [6, 6.07) is 7.62. The lowest BCUT2D eigenvalue weighted by Gasteiger charge is -2.10. The van der Waals surface area contributed by atoms with Crippen LogP contribution in [0.15, 0.2) is 58.3 Å². The summed E-state index contributed by atoms with van der Waals surface area (Å²) < 4.78 is 1.45. The van der Waals surface area contributed by atoms with E-state index in [0.717, 1.165) is 11.8 Å². The Morgan fingerprint density at radius 1 is 1.41 bits per heavy atom. The zero-order valence-electron chi connectivity index (χ0n) is 14.0. The van der Waals surface area contributed by atoms with E-state index >= 15 is 0 Å². The number of nitrogens with one attached hydrogen (secondary N) is 1. The molecule has 0 radical (unpaired) electrons. The van der Waals surface area contributed by atoms with Crippen molar-refractivity contribution < 1.29 is 9.72 Å². The summed E-state index contributed by atoms with van der Waals surface area (Å²) >= 11 is 2.44. The monoisotopic (exact) mass is 402 g/mol. The van der Waals surface area contributed by atoms with Crippen LogP contribution in [0.25, 0.3) is 10.2 Å². The molecule has 0 bridgehead atoms. The molecule has 8 nitrogen and oxygen atoms in total. The molecule has 0 spiro atoms. The maximum Gasteiger partial charge on any atom is 0.292 e. The maximum atomic E-state index is 12.5. The van der Waals surface area contributed by atoms with Gasteiger partial charge in [0.25, 0.3) is 11.2 Å². The largest absolute Gasteiger partial charge is 0.320 e. The van der Waals surface area contributed by atoms with Gasteiger partial charge in [-0.1, -0.05) is 30.0 Å². The summed E-state index contributed by atoms with van der Waals surface area (Å²) in [4.78, 5) is 40.3. The number of benzene rings is 1. The predicted molar refractivity (Wildman–Crippen MR) is 107 cm³/mol. The molecule has 0 aliphatic heterocycles. The highest BCUT2D eigenvalue weighted by molar-refractivity contribution is 7.99. The number of rotatable bonds is 7. The van der Waals surface area contributed by atoms with Crippen LogP contribution < -0.4 is 10.9 Å². The van der Waals surface area contributed by atoms with Crippen LogP contribution in [0.1, 0.15) is 0 Å². The Labute approximate surface area is 161 Å². The molecular weight excluding hydrogens is 388 g/mol. The van der Waals surface area contributed by atoms with E-state index in [1.165, 1.54) is 34.1 Å². The van der Waals surface area contributed by atoms with E-state index in [-0.39, 0.29) is 29.2 Å². The van der Waals surface area contributed by atoms with Crippen molar-refractivity contribution in [3.63, 3.8) is 0 Å². The number of fused-ring (bicyclic) bond motifs is 1. The number of amides is 1. The number of hydrogen-bond acceptors (Lipinski definition) is 7. The van der Waals surface area contributed by atoms with E-state index in [9.17, 15) is 19.7 Å². The van der Waals surface area contributed by atoms with Crippen molar-refractivity contribution in [1.82, 2.24) is 9.55 Å². The normalized spacial score (nSPS) is 10.7. The van der Waals surface area contributed by atoms with Gasteiger partial charge in [-0.25, -0.2) is 4.98 Å². The Balaban J connectivity index is 1.79. The molecule has 1 N–H and O–H groups in total. The molecule has 2 aromatic heterocycles. The Morgan fingerprint density at radius 3 is 2.93 bits per heavy atom. The van der Waals surface area contributed by atoms with Crippen LogP contribution in [0.3, 0.4) is 0 Å². The number of carbonyl (C=O) groups excluding carboxylic acids is 1. The minimum Gasteiger partial charge on any atom is -0.320 e. The summed E-state index contributed by atoms with van der Waals surface area (Å²) in [7, 11) is 0. The zero-order valence-corrected chi connectivity index (χ0v) is 15.6. The third kappa shape index (κ3) is 4.07. The first-order chi connectivity index (χ1) is 13.0. The van der Waals surface area contributed by atoms with Gasteiger partial charge >= 0.3 is 0 Å². The molecule has 2 heterocycles. The number of nitro benzene ring substituents is 1. The Hall–Kier alpha value is -2.98. The molecular formula is C17H14N4O4S2. The Bertz CT molecular complexity index is 1090. The van der Waals surface area contributed by atoms with Gasteiger partial charge in [0.05, 0.1) is 16.1 Å². The minimum atomic E-state index is -0.559. The van der Waals surface area contributed by atoms with Crippen LogP contribution in [0, 0.1) is 10.1 Å². The van der Waals surface area contributed by atoms with E-state index < -0.39 is 10.8 Å².